The van der Waals surface area contributed by atoms with Gasteiger partial charge in [-0.3, -0.25) is 0 Å². The van der Waals surface area contributed by atoms with Gasteiger partial charge in [0.1, 0.15) is 21.7 Å². The molecule has 4 aromatic rings. The van der Waals surface area contributed by atoms with Gasteiger partial charge < -0.3 is 9.47 Å². The van der Waals surface area contributed by atoms with Crippen LogP contribution in [0.3, 0.4) is 0 Å². The molecule has 0 saturated heterocycles. The zero-order valence-electron chi connectivity index (χ0n) is 17.0. The third-order valence-electron chi connectivity index (χ3n) is 4.43. The average molecular weight is 469 g/mol. The van der Waals surface area contributed by atoms with E-state index in [9.17, 15) is 4.79 Å². The number of aromatic nitrogens is 2. The van der Waals surface area contributed by atoms with Crippen molar-refractivity contribution in [2.45, 2.75) is 23.6 Å². The van der Waals surface area contributed by atoms with E-state index >= 15 is 0 Å². The van der Waals surface area contributed by atoms with E-state index in [4.69, 9.17) is 9.47 Å². The van der Waals surface area contributed by atoms with E-state index in [1.165, 1.54) is 11.3 Å². The van der Waals surface area contributed by atoms with Crippen LogP contribution in [0, 0.1) is 6.92 Å². The van der Waals surface area contributed by atoms with Crippen molar-refractivity contribution in [2.75, 3.05) is 7.11 Å². The van der Waals surface area contributed by atoms with Gasteiger partial charge in [0.05, 0.1) is 23.9 Å². The number of aryl methyl sites for hydroxylation is 1. The molecular weight excluding hydrogens is 448 g/mol. The van der Waals surface area contributed by atoms with Gasteiger partial charge in [0.15, 0.2) is 0 Å². The molecule has 0 aliphatic heterocycles. The number of rotatable bonds is 8. The summed E-state index contributed by atoms with van der Waals surface area (Å²) in [5.41, 5.74) is 4.15. The second-order valence-electron chi connectivity index (χ2n) is 6.62. The average Bonchev–Trinajstić information content (AvgIpc) is 3.45. The number of hydrogen-bond acceptors (Lipinski definition) is 8. The molecule has 0 bridgehead atoms. The van der Waals surface area contributed by atoms with E-state index < -0.39 is 0 Å². The molecule has 4 rings (SSSR count). The van der Waals surface area contributed by atoms with Crippen LogP contribution >= 0.6 is 34.4 Å². The SMILES string of the molecule is COc1ccccc1-c1nc(COC(=O)c2ccccc2CSc2nc(C)cs2)cs1. The number of esters is 1. The molecule has 2 aromatic carbocycles. The number of ether oxygens (including phenoxy) is 2. The zero-order chi connectivity index (χ0) is 21.6. The number of benzene rings is 2. The second kappa shape index (κ2) is 10.1. The Morgan fingerprint density at radius 1 is 1.03 bits per heavy atom. The molecule has 0 unspecified atom stereocenters. The first-order valence-electron chi connectivity index (χ1n) is 9.52. The minimum absolute atomic E-state index is 0.123. The van der Waals surface area contributed by atoms with Crippen LogP contribution in [-0.2, 0) is 17.1 Å². The number of thiazole rings is 2. The van der Waals surface area contributed by atoms with Crippen molar-refractivity contribution in [3.8, 4) is 16.3 Å². The number of carbonyl (C=O) groups excluding carboxylic acids is 1. The molecule has 158 valence electrons. The van der Waals surface area contributed by atoms with Crippen molar-refractivity contribution >= 4 is 40.4 Å². The van der Waals surface area contributed by atoms with Crippen LogP contribution in [0.25, 0.3) is 10.6 Å². The van der Waals surface area contributed by atoms with E-state index in [-0.39, 0.29) is 12.6 Å². The summed E-state index contributed by atoms with van der Waals surface area (Å²) in [6.07, 6.45) is 0. The fraction of sp³-hybridized carbons (Fsp3) is 0.174. The summed E-state index contributed by atoms with van der Waals surface area (Å²) >= 11 is 4.73. The summed E-state index contributed by atoms with van der Waals surface area (Å²) in [6, 6.07) is 15.3. The number of hydrogen-bond donors (Lipinski definition) is 0. The molecule has 0 saturated carbocycles. The molecule has 2 aromatic heterocycles. The van der Waals surface area contributed by atoms with E-state index in [2.05, 4.69) is 9.97 Å². The Kier molecular flexibility index (Phi) is 7.01. The van der Waals surface area contributed by atoms with Gasteiger partial charge in [-0.1, -0.05) is 42.1 Å². The molecule has 2 heterocycles. The van der Waals surface area contributed by atoms with E-state index in [1.54, 1.807) is 36.3 Å². The lowest BCUT2D eigenvalue weighted by Gasteiger charge is -2.08. The first-order chi connectivity index (χ1) is 15.1. The largest absolute Gasteiger partial charge is 0.496 e. The molecule has 0 amide bonds. The van der Waals surface area contributed by atoms with Gasteiger partial charge in [0.25, 0.3) is 0 Å². The van der Waals surface area contributed by atoms with Crippen LogP contribution in [0.2, 0.25) is 0 Å². The van der Waals surface area contributed by atoms with Gasteiger partial charge in [-0.05, 0) is 30.7 Å². The minimum Gasteiger partial charge on any atom is -0.496 e. The van der Waals surface area contributed by atoms with Crippen molar-refractivity contribution in [3.05, 3.63) is 81.8 Å². The molecular formula is C23H20N2O3S3. The highest BCUT2D eigenvalue weighted by molar-refractivity contribution is 8.00. The van der Waals surface area contributed by atoms with Crippen LogP contribution in [0.15, 0.2) is 63.6 Å². The monoisotopic (exact) mass is 468 g/mol. The highest BCUT2D eigenvalue weighted by Crippen LogP contribution is 2.32. The third kappa shape index (κ3) is 5.33. The quantitative estimate of drug-likeness (QED) is 0.226. The first-order valence-corrected chi connectivity index (χ1v) is 12.3. The summed E-state index contributed by atoms with van der Waals surface area (Å²) in [7, 11) is 1.64. The maximum Gasteiger partial charge on any atom is 0.338 e. The maximum absolute atomic E-state index is 12.7. The lowest BCUT2D eigenvalue weighted by Crippen LogP contribution is -2.08. The molecule has 0 fully saturated rings. The van der Waals surface area contributed by atoms with Crippen molar-refractivity contribution in [3.63, 3.8) is 0 Å². The summed E-state index contributed by atoms with van der Waals surface area (Å²) in [5, 5.41) is 4.76. The Morgan fingerprint density at radius 3 is 2.65 bits per heavy atom. The van der Waals surface area contributed by atoms with E-state index in [1.807, 2.05) is 60.1 Å². The topological polar surface area (TPSA) is 61.3 Å². The minimum atomic E-state index is -0.349. The number of para-hydroxylation sites is 1. The number of carbonyl (C=O) groups is 1. The van der Waals surface area contributed by atoms with Crippen LogP contribution in [0.4, 0.5) is 0 Å². The van der Waals surface area contributed by atoms with Crippen LogP contribution in [0.1, 0.15) is 27.3 Å². The van der Waals surface area contributed by atoms with Gasteiger partial charge >= 0.3 is 5.97 Å². The van der Waals surface area contributed by atoms with Gasteiger partial charge in [-0.2, -0.15) is 0 Å². The molecule has 0 atom stereocenters. The van der Waals surface area contributed by atoms with Crippen LogP contribution < -0.4 is 4.74 Å². The summed E-state index contributed by atoms with van der Waals surface area (Å²) < 4.78 is 12.0. The zero-order valence-corrected chi connectivity index (χ0v) is 19.5. The smallest absolute Gasteiger partial charge is 0.338 e. The van der Waals surface area contributed by atoms with Crippen molar-refractivity contribution in [2.24, 2.45) is 0 Å². The van der Waals surface area contributed by atoms with E-state index in [0.29, 0.717) is 17.0 Å². The van der Waals surface area contributed by atoms with E-state index in [0.717, 1.165) is 31.9 Å². The van der Waals surface area contributed by atoms with Crippen molar-refractivity contribution in [1.82, 2.24) is 9.97 Å². The molecule has 0 spiro atoms. The molecule has 0 aliphatic rings. The Hall–Kier alpha value is -2.68. The van der Waals surface area contributed by atoms with Gasteiger partial charge in [0, 0.05) is 22.2 Å². The molecule has 0 radical (unpaired) electrons. The second-order valence-corrected chi connectivity index (χ2v) is 9.56. The van der Waals surface area contributed by atoms with Crippen molar-refractivity contribution < 1.29 is 14.3 Å². The summed E-state index contributed by atoms with van der Waals surface area (Å²) in [5.74, 6) is 1.08. The fourth-order valence-corrected chi connectivity index (χ4v) is 5.61. The highest BCUT2D eigenvalue weighted by Gasteiger charge is 2.15. The lowest BCUT2D eigenvalue weighted by atomic mass is 10.1. The Balaban J connectivity index is 1.41. The first kappa shape index (κ1) is 21.5. The maximum atomic E-state index is 12.7. The molecule has 0 N–H and O–H groups in total. The molecule has 31 heavy (non-hydrogen) atoms. The van der Waals surface area contributed by atoms with Gasteiger partial charge in [-0.25, -0.2) is 14.8 Å². The van der Waals surface area contributed by atoms with Crippen LogP contribution in [0.5, 0.6) is 5.75 Å². The predicted molar refractivity (Wildman–Crippen MR) is 126 cm³/mol. The predicted octanol–water partition coefficient (Wildman–Crippen LogP) is 6.23. The number of thioether (sulfide) groups is 1. The molecule has 5 nitrogen and oxygen atoms in total. The number of methoxy groups -OCH3 is 1. The highest BCUT2D eigenvalue weighted by atomic mass is 32.2. The number of nitrogens with zero attached hydrogens (tertiary/aromatic N) is 2. The van der Waals surface area contributed by atoms with Crippen LogP contribution in [-0.4, -0.2) is 23.0 Å². The molecule has 0 aliphatic carbocycles. The Morgan fingerprint density at radius 2 is 1.84 bits per heavy atom. The normalized spacial score (nSPS) is 10.8. The Bertz CT molecular complexity index is 1190. The van der Waals surface area contributed by atoms with Gasteiger partial charge in [-0.15, -0.1) is 22.7 Å². The standard InChI is InChI=1S/C23H20N2O3S3/c1-15-12-30-23(24-15)31-13-16-7-3-4-8-18(16)22(26)28-11-17-14-29-21(25-17)19-9-5-6-10-20(19)27-2/h3-10,12,14H,11,13H2,1-2H3. The van der Waals surface area contributed by atoms with Gasteiger partial charge in [0.2, 0.25) is 0 Å². The summed E-state index contributed by atoms with van der Waals surface area (Å²) in [6.45, 7) is 2.10. The van der Waals surface area contributed by atoms with Crippen molar-refractivity contribution in [1.29, 1.82) is 0 Å². The molecule has 8 heteroatoms. The fourth-order valence-electron chi connectivity index (χ4n) is 2.92. The lowest BCUT2D eigenvalue weighted by molar-refractivity contribution is 0.0467. The third-order valence-corrected chi connectivity index (χ3v) is 7.54. The summed E-state index contributed by atoms with van der Waals surface area (Å²) in [4.78, 5) is 21.8. The Labute approximate surface area is 193 Å².